The Hall–Kier alpha value is -2.87. The Bertz CT molecular complexity index is 826. The van der Waals surface area contributed by atoms with Crippen molar-refractivity contribution in [2.24, 2.45) is 5.92 Å². The van der Waals surface area contributed by atoms with Gasteiger partial charge < -0.3 is 19.9 Å². The van der Waals surface area contributed by atoms with Crippen LogP contribution in [-0.4, -0.2) is 54.5 Å². The zero-order valence-corrected chi connectivity index (χ0v) is 17.2. The number of para-hydroxylation sites is 1. The first kappa shape index (κ1) is 20.9. The number of carbonyl (C=O) groups is 3. The molecule has 1 aliphatic rings. The van der Waals surface area contributed by atoms with Gasteiger partial charge in [0.25, 0.3) is 5.91 Å². The summed E-state index contributed by atoms with van der Waals surface area (Å²) in [6, 6.07) is 12.8. The van der Waals surface area contributed by atoms with Crippen LogP contribution in [0.25, 0.3) is 0 Å². The summed E-state index contributed by atoms with van der Waals surface area (Å²) in [4.78, 5) is 41.3. The number of piperidine rings is 1. The van der Waals surface area contributed by atoms with Crippen molar-refractivity contribution in [3.05, 3.63) is 52.7 Å². The van der Waals surface area contributed by atoms with Crippen LogP contribution < -0.4 is 5.32 Å². The highest BCUT2D eigenvalue weighted by atomic mass is 32.1. The van der Waals surface area contributed by atoms with Gasteiger partial charge in [-0.3, -0.25) is 9.59 Å². The molecule has 2 aromatic rings. The molecule has 0 bridgehead atoms. The van der Waals surface area contributed by atoms with E-state index in [-0.39, 0.29) is 25.1 Å². The monoisotopic (exact) mass is 415 g/mol. The fourth-order valence-corrected chi connectivity index (χ4v) is 3.92. The molecule has 154 valence electrons. The lowest BCUT2D eigenvalue weighted by atomic mass is 9.98. The van der Waals surface area contributed by atoms with Gasteiger partial charge in [-0.1, -0.05) is 24.3 Å². The molecule has 1 aromatic carbocycles. The number of benzene rings is 1. The van der Waals surface area contributed by atoms with Gasteiger partial charge in [0, 0.05) is 30.7 Å². The van der Waals surface area contributed by atoms with Crippen molar-refractivity contribution in [3.63, 3.8) is 0 Å². The van der Waals surface area contributed by atoms with E-state index in [0.717, 1.165) is 4.88 Å². The van der Waals surface area contributed by atoms with Crippen molar-refractivity contribution < 1.29 is 19.1 Å². The van der Waals surface area contributed by atoms with Gasteiger partial charge in [-0.05, 0) is 36.4 Å². The zero-order chi connectivity index (χ0) is 20.6. The van der Waals surface area contributed by atoms with Gasteiger partial charge >= 0.3 is 12.0 Å². The molecule has 8 heteroatoms. The molecule has 1 aliphatic heterocycles. The van der Waals surface area contributed by atoms with Crippen molar-refractivity contribution in [3.8, 4) is 0 Å². The summed E-state index contributed by atoms with van der Waals surface area (Å²) in [5.74, 6) is -1.10. The molecule has 3 amide bonds. The van der Waals surface area contributed by atoms with Crippen LogP contribution in [0.2, 0.25) is 0 Å². The number of likely N-dealkylation sites (N-methyl/N-ethyl adjacent to an activating group) is 1. The fourth-order valence-electron chi connectivity index (χ4n) is 3.16. The predicted octanol–water partition coefficient (Wildman–Crippen LogP) is 3.19. The highest BCUT2D eigenvalue weighted by Gasteiger charge is 2.30. The van der Waals surface area contributed by atoms with E-state index in [4.69, 9.17) is 4.74 Å². The number of hydrogen-bond donors (Lipinski definition) is 1. The molecule has 0 spiro atoms. The lowest BCUT2D eigenvalue weighted by Crippen LogP contribution is -2.45. The highest BCUT2D eigenvalue weighted by Crippen LogP contribution is 2.19. The number of carbonyl (C=O) groups excluding carboxylic acids is 3. The van der Waals surface area contributed by atoms with E-state index in [1.165, 1.54) is 0 Å². The molecule has 7 nitrogen and oxygen atoms in total. The smallest absolute Gasteiger partial charge is 0.321 e. The number of nitrogens with zero attached hydrogens (tertiary/aromatic N) is 2. The van der Waals surface area contributed by atoms with E-state index < -0.39 is 11.9 Å². The van der Waals surface area contributed by atoms with E-state index in [1.54, 1.807) is 28.2 Å². The fraction of sp³-hybridized carbons (Fsp3) is 0.381. The second-order valence-electron chi connectivity index (χ2n) is 7.02. The first-order valence-corrected chi connectivity index (χ1v) is 10.4. The standard InChI is InChI=1S/C21H25N3O4S/c1-23(14-18-10-6-12-29-18)19(25)15-28-20(26)16-7-5-11-24(13-16)21(27)22-17-8-3-2-4-9-17/h2-4,6,8-10,12,16H,5,7,11,13-15H2,1H3,(H,22,27). The first-order chi connectivity index (χ1) is 14.0. The van der Waals surface area contributed by atoms with Crippen LogP contribution in [0.15, 0.2) is 47.8 Å². The Morgan fingerprint density at radius 2 is 2.00 bits per heavy atom. The van der Waals surface area contributed by atoms with E-state index in [9.17, 15) is 14.4 Å². The van der Waals surface area contributed by atoms with Crippen LogP contribution >= 0.6 is 11.3 Å². The molecule has 1 saturated heterocycles. The number of nitrogens with one attached hydrogen (secondary N) is 1. The summed E-state index contributed by atoms with van der Waals surface area (Å²) < 4.78 is 5.24. The lowest BCUT2D eigenvalue weighted by Gasteiger charge is -2.31. The van der Waals surface area contributed by atoms with Crippen LogP contribution in [0.1, 0.15) is 17.7 Å². The summed E-state index contributed by atoms with van der Waals surface area (Å²) in [5, 5.41) is 4.79. The number of ether oxygens (including phenoxy) is 1. The van der Waals surface area contributed by atoms with Gasteiger partial charge in [0.15, 0.2) is 6.61 Å². The van der Waals surface area contributed by atoms with Crippen LogP contribution in [0.4, 0.5) is 10.5 Å². The van der Waals surface area contributed by atoms with Gasteiger partial charge in [0.05, 0.1) is 12.5 Å². The molecule has 1 unspecified atom stereocenters. The van der Waals surface area contributed by atoms with Gasteiger partial charge in [-0.15, -0.1) is 11.3 Å². The Labute approximate surface area is 174 Å². The quantitative estimate of drug-likeness (QED) is 0.735. The largest absolute Gasteiger partial charge is 0.455 e. The van der Waals surface area contributed by atoms with E-state index >= 15 is 0 Å². The summed E-state index contributed by atoms with van der Waals surface area (Å²) >= 11 is 1.57. The molecular weight excluding hydrogens is 390 g/mol. The molecule has 29 heavy (non-hydrogen) atoms. The molecule has 0 aliphatic carbocycles. The summed E-state index contributed by atoms with van der Waals surface area (Å²) in [7, 11) is 1.69. The molecule has 1 atom stereocenters. The molecular formula is C21H25N3O4S. The summed E-state index contributed by atoms with van der Waals surface area (Å²) in [6.45, 7) is 1.08. The Balaban J connectivity index is 1.45. The maximum atomic E-state index is 12.4. The average Bonchev–Trinajstić information content (AvgIpc) is 3.25. The predicted molar refractivity (Wildman–Crippen MR) is 112 cm³/mol. The first-order valence-electron chi connectivity index (χ1n) is 9.57. The average molecular weight is 416 g/mol. The van der Waals surface area contributed by atoms with Crippen molar-refractivity contribution in [2.75, 3.05) is 32.1 Å². The molecule has 3 rings (SSSR count). The van der Waals surface area contributed by atoms with Crippen LogP contribution in [-0.2, 0) is 20.9 Å². The second kappa shape index (κ2) is 10.1. The number of esters is 1. The number of amides is 3. The number of likely N-dealkylation sites (tertiary alicyclic amines) is 1. The lowest BCUT2D eigenvalue weighted by molar-refractivity contribution is -0.156. The maximum absolute atomic E-state index is 12.4. The summed E-state index contributed by atoms with van der Waals surface area (Å²) in [5.41, 5.74) is 0.710. The van der Waals surface area contributed by atoms with Crippen molar-refractivity contribution in [1.82, 2.24) is 9.80 Å². The van der Waals surface area contributed by atoms with E-state index in [1.807, 2.05) is 47.8 Å². The third-order valence-corrected chi connectivity index (χ3v) is 5.66. The zero-order valence-electron chi connectivity index (χ0n) is 16.4. The third-order valence-electron chi connectivity index (χ3n) is 4.80. The van der Waals surface area contributed by atoms with Crippen molar-refractivity contribution >= 4 is 34.9 Å². The molecule has 2 heterocycles. The second-order valence-corrected chi connectivity index (χ2v) is 8.05. The van der Waals surface area contributed by atoms with Crippen LogP contribution in [0.5, 0.6) is 0 Å². The van der Waals surface area contributed by atoms with Crippen LogP contribution in [0, 0.1) is 5.92 Å². The summed E-state index contributed by atoms with van der Waals surface area (Å²) in [6.07, 6.45) is 1.36. The Morgan fingerprint density at radius 1 is 1.21 bits per heavy atom. The normalized spacial score (nSPS) is 16.2. The Kier molecular flexibility index (Phi) is 7.24. The number of rotatable bonds is 6. The minimum absolute atomic E-state index is 0.236. The number of hydrogen-bond acceptors (Lipinski definition) is 5. The maximum Gasteiger partial charge on any atom is 0.321 e. The Morgan fingerprint density at radius 3 is 2.72 bits per heavy atom. The highest BCUT2D eigenvalue weighted by molar-refractivity contribution is 7.09. The minimum atomic E-state index is -0.430. The van der Waals surface area contributed by atoms with E-state index in [0.29, 0.717) is 31.6 Å². The third kappa shape index (κ3) is 6.05. The molecule has 1 N–H and O–H groups in total. The minimum Gasteiger partial charge on any atom is -0.455 e. The van der Waals surface area contributed by atoms with Crippen molar-refractivity contribution in [2.45, 2.75) is 19.4 Å². The van der Waals surface area contributed by atoms with Crippen molar-refractivity contribution in [1.29, 1.82) is 0 Å². The van der Waals surface area contributed by atoms with Crippen LogP contribution in [0.3, 0.4) is 0 Å². The van der Waals surface area contributed by atoms with Gasteiger partial charge in [0.2, 0.25) is 0 Å². The molecule has 1 aromatic heterocycles. The SMILES string of the molecule is CN(Cc1cccs1)C(=O)COC(=O)C1CCCN(C(=O)Nc2ccccc2)C1. The number of urea groups is 1. The topological polar surface area (TPSA) is 79.0 Å². The van der Waals surface area contributed by atoms with Gasteiger partial charge in [-0.25, -0.2) is 4.79 Å². The van der Waals surface area contributed by atoms with E-state index in [2.05, 4.69) is 5.32 Å². The van der Waals surface area contributed by atoms with Gasteiger partial charge in [-0.2, -0.15) is 0 Å². The molecule has 0 saturated carbocycles. The van der Waals surface area contributed by atoms with Gasteiger partial charge in [0.1, 0.15) is 0 Å². The molecule has 1 fully saturated rings. The number of thiophene rings is 1. The number of anilines is 1. The molecule has 0 radical (unpaired) electrons.